The third-order valence-electron chi connectivity index (χ3n) is 3.00. The second-order valence-corrected chi connectivity index (χ2v) is 3.86. The minimum absolute atomic E-state index is 1.03. The molecule has 1 aromatic rings. The molecule has 0 saturated heterocycles. The zero-order chi connectivity index (χ0) is 9.97. The van der Waals surface area contributed by atoms with Gasteiger partial charge in [0.2, 0.25) is 0 Å². The zero-order valence-corrected chi connectivity index (χ0v) is 9.01. The van der Waals surface area contributed by atoms with Crippen molar-refractivity contribution in [2.24, 2.45) is 0 Å². The Hall–Kier alpha value is -1.02. The van der Waals surface area contributed by atoms with Gasteiger partial charge in [0.05, 0.1) is 0 Å². The van der Waals surface area contributed by atoms with E-state index in [1.54, 1.807) is 0 Å². The molecule has 0 amide bonds. The molecule has 1 N–H and O–H groups in total. The van der Waals surface area contributed by atoms with Gasteiger partial charge in [-0.15, -0.1) is 0 Å². The van der Waals surface area contributed by atoms with Crippen molar-refractivity contribution in [3.63, 3.8) is 0 Å². The lowest BCUT2D eigenvalue weighted by Crippen LogP contribution is -2.26. The molecule has 0 fully saturated rings. The van der Waals surface area contributed by atoms with Crippen LogP contribution < -0.4 is 10.2 Å². The fourth-order valence-corrected chi connectivity index (χ4v) is 2.04. The highest BCUT2D eigenvalue weighted by atomic mass is 15.1. The molecule has 0 unspecified atom stereocenters. The van der Waals surface area contributed by atoms with Gasteiger partial charge in [-0.2, -0.15) is 0 Å². The standard InChI is InChI=1S/C12H18N2/c1-3-14(2)12-6-4-5-10-9-13-8-7-11(10)12/h4-6,13H,3,7-9H2,1-2H3. The van der Waals surface area contributed by atoms with Crippen LogP contribution in [0.3, 0.4) is 0 Å². The van der Waals surface area contributed by atoms with E-state index >= 15 is 0 Å². The molecule has 0 spiro atoms. The molecule has 1 heterocycles. The third-order valence-corrected chi connectivity index (χ3v) is 3.00. The van der Waals surface area contributed by atoms with E-state index < -0.39 is 0 Å². The number of hydrogen-bond acceptors (Lipinski definition) is 2. The minimum Gasteiger partial charge on any atom is -0.375 e. The lowest BCUT2D eigenvalue weighted by Gasteiger charge is -2.25. The Bertz CT molecular complexity index is 320. The van der Waals surface area contributed by atoms with E-state index in [-0.39, 0.29) is 0 Å². The van der Waals surface area contributed by atoms with Crippen molar-refractivity contribution >= 4 is 5.69 Å². The highest BCUT2D eigenvalue weighted by Crippen LogP contribution is 2.25. The number of nitrogens with one attached hydrogen (secondary N) is 1. The molecule has 1 aliphatic heterocycles. The van der Waals surface area contributed by atoms with Crippen LogP contribution in [0.2, 0.25) is 0 Å². The molecule has 0 saturated carbocycles. The number of fused-ring (bicyclic) bond motifs is 1. The highest BCUT2D eigenvalue weighted by molar-refractivity contribution is 5.57. The Morgan fingerprint density at radius 2 is 2.29 bits per heavy atom. The quantitative estimate of drug-likeness (QED) is 0.765. The Morgan fingerprint density at radius 1 is 1.43 bits per heavy atom. The van der Waals surface area contributed by atoms with Crippen molar-refractivity contribution in [2.75, 3.05) is 25.0 Å². The van der Waals surface area contributed by atoms with Gasteiger partial charge in [-0.25, -0.2) is 0 Å². The van der Waals surface area contributed by atoms with E-state index in [0.29, 0.717) is 0 Å². The second-order valence-electron chi connectivity index (χ2n) is 3.86. The summed E-state index contributed by atoms with van der Waals surface area (Å²) in [6.07, 6.45) is 1.16. The van der Waals surface area contributed by atoms with Crippen LogP contribution in [0.1, 0.15) is 18.1 Å². The Morgan fingerprint density at radius 3 is 3.07 bits per heavy atom. The van der Waals surface area contributed by atoms with Crippen molar-refractivity contribution in [2.45, 2.75) is 19.9 Å². The first-order valence-electron chi connectivity index (χ1n) is 5.35. The summed E-state index contributed by atoms with van der Waals surface area (Å²) in [5, 5.41) is 3.41. The molecule has 2 nitrogen and oxygen atoms in total. The van der Waals surface area contributed by atoms with Crippen LogP contribution in [0.5, 0.6) is 0 Å². The predicted octanol–water partition coefficient (Wildman–Crippen LogP) is 1.79. The largest absolute Gasteiger partial charge is 0.375 e. The zero-order valence-electron chi connectivity index (χ0n) is 9.01. The SMILES string of the molecule is CCN(C)c1cccc2c1CCNC2. The van der Waals surface area contributed by atoms with E-state index in [0.717, 1.165) is 26.1 Å². The molecule has 1 aromatic carbocycles. The summed E-state index contributed by atoms with van der Waals surface area (Å²) in [6, 6.07) is 6.62. The number of rotatable bonds is 2. The molecule has 2 rings (SSSR count). The maximum Gasteiger partial charge on any atom is 0.0399 e. The molecule has 0 aliphatic carbocycles. The molecular weight excluding hydrogens is 172 g/mol. The lowest BCUT2D eigenvalue weighted by atomic mass is 9.98. The van der Waals surface area contributed by atoms with Crippen LogP contribution in [-0.2, 0) is 13.0 Å². The number of nitrogens with zero attached hydrogens (tertiary/aromatic N) is 1. The fraction of sp³-hybridized carbons (Fsp3) is 0.500. The summed E-state index contributed by atoms with van der Waals surface area (Å²) in [7, 11) is 2.16. The first-order valence-corrected chi connectivity index (χ1v) is 5.35. The molecule has 1 aliphatic rings. The Labute approximate surface area is 85.9 Å². The average molecular weight is 190 g/mol. The molecular formula is C12H18N2. The summed E-state index contributed by atoms with van der Waals surface area (Å²) < 4.78 is 0. The molecule has 0 radical (unpaired) electrons. The van der Waals surface area contributed by atoms with Gasteiger partial charge in [-0.3, -0.25) is 0 Å². The normalized spacial score (nSPS) is 15.0. The van der Waals surface area contributed by atoms with Crippen molar-refractivity contribution in [3.05, 3.63) is 29.3 Å². The highest BCUT2D eigenvalue weighted by Gasteiger charge is 2.13. The molecule has 0 aromatic heterocycles. The maximum absolute atomic E-state index is 3.41. The molecule has 2 heteroatoms. The van der Waals surface area contributed by atoms with E-state index in [9.17, 15) is 0 Å². The second kappa shape index (κ2) is 4.01. The summed E-state index contributed by atoms with van der Waals surface area (Å²) in [4.78, 5) is 2.32. The van der Waals surface area contributed by atoms with Gasteiger partial charge < -0.3 is 10.2 Å². The number of hydrogen-bond donors (Lipinski definition) is 1. The Balaban J connectivity index is 2.39. The molecule has 76 valence electrons. The van der Waals surface area contributed by atoms with Gasteiger partial charge in [0.1, 0.15) is 0 Å². The molecule has 0 atom stereocenters. The van der Waals surface area contributed by atoms with Crippen LogP contribution in [0.25, 0.3) is 0 Å². The van der Waals surface area contributed by atoms with Gasteiger partial charge in [0.25, 0.3) is 0 Å². The Kier molecular flexibility index (Phi) is 2.73. The lowest BCUT2D eigenvalue weighted by molar-refractivity contribution is 0.642. The minimum atomic E-state index is 1.03. The van der Waals surface area contributed by atoms with Crippen LogP contribution in [0, 0.1) is 0 Å². The van der Waals surface area contributed by atoms with E-state index in [1.807, 2.05) is 0 Å². The van der Waals surface area contributed by atoms with Gasteiger partial charge in [0, 0.05) is 25.8 Å². The number of benzene rings is 1. The summed E-state index contributed by atoms with van der Waals surface area (Å²) in [5.41, 5.74) is 4.41. The monoisotopic (exact) mass is 190 g/mol. The van der Waals surface area contributed by atoms with Crippen molar-refractivity contribution in [1.82, 2.24) is 5.32 Å². The first-order chi connectivity index (χ1) is 6.83. The van der Waals surface area contributed by atoms with Crippen molar-refractivity contribution in [3.8, 4) is 0 Å². The molecule has 0 bridgehead atoms. The van der Waals surface area contributed by atoms with E-state index in [1.165, 1.54) is 16.8 Å². The maximum atomic E-state index is 3.41. The van der Waals surface area contributed by atoms with Gasteiger partial charge in [-0.05, 0) is 37.1 Å². The van der Waals surface area contributed by atoms with Crippen LogP contribution in [-0.4, -0.2) is 20.1 Å². The first kappa shape index (κ1) is 9.53. The van der Waals surface area contributed by atoms with Crippen LogP contribution >= 0.6 is 0 Å². The average Bonchev–Trinajstić information content (AvgIpc) is 2.27. The summed E-state index contributed by atoms with van der Waals surface area (Å²) in [6.45, 7) is 5.41. The smallest absolute Gasteiger partial charge is 0.0399 e. The van der Waals surface area contributed by atoms with E-state index in [4.69, 9.17) is 0 Å². The summed E-state index contributed by atoms with van der Waals surface area (Å²) >= 11 is 0. The fourth-order valence-electron chi connectivity index (χ4n) is 2.04. The predicted molar refractivity (Wildman–Crippen MR) is 60.8 cm³/mol. The molecule has 14 heavy (non-hydrogen) atoms. The van der Waals surface area contributed by atoms with Gasteiger partial charge >= 0.3 is 0 Å². The van der Waals surface area contributed by atoms with Crippen LogP contribution in [0.15, 0.2) is 18.2 Å². The van der Waals surface area contributed by atoms with Crippen LogP contribution in [0.4, 0.5) is 5.69 Å². The topological polar surface area (TPSA) is 15.3 Å². The summed E-state index contributed by atoms with van der Waals surface area (Å²) in [5.74, 6) is 0. The number of anilines is 1. The van der Waals surface area contributed by atoms with Gasteiger partial charge in [0.15, 0.2) is 0 Å². The van der Waals surface area contributed by atoms with Crippen molar-refractivity contribution in [1.29, 1.82) is 0 Å². The van der Waals surface area contributed by atoms with Gasteiger partial charge in [-0.1, -0.05) is 12.1 Å². The third kappa shape index (κ3) is 1.62. The van der Waals surface area contributed by atoms with E-state index in [2.05, 4.69) is 42.4 Å². The van der Waals surface area contributed by atoms with Crippen molar-refractivity contribution < 1.29 is 0 Å².